The zero-order valence-electron chi connectivity index (χ0n) is 14.6. The molecular weight excluding hydrogens is 332 g/mol. The van der Waals surface area contributed by atoms with Crippen LogP contribution in [0.5, 0.6) is 0 Å². The molecule has 0 bridgehead atoms. The van der Waals surface area contributed by atoms with Crippen molar-refractivity contribution in [1.82, 2.24) is 9.13 Å². The Morgan fingerprint density at radius 3 is 2.52 bits per heavy atom. The van der Waals surface area contributed by atoms with Crippen molar-refractivity contribution in [3.63, 3.8) is 0 Å². The van der Waals surface area contributed by atoms with Gasteiger partial charge in [0.25, 0.3) is 5.56 Å². The van der Waals surface area contributed by atoms with Gasteiger partial charge in [-0.25, -0.2) is 4.79 Å². The molecule has 0 aliphatic carbocycles. The molecule has 0 saturated heterocycles. The van der Waals surface area contributed by atoms with Crippen molar-refractivity contribution in [1.29, 1.82) is 0 Å². The highest BCUT2D eigenvalue weighted by molar-refractivity contribution is 7.19. The third-order valence-electron chi connectivity index (χ3n) is 4.10. The highest BCUT2D eigenvalue weighted by atomic mass is 32.1. The lowest BCUT2D eigenvalue weighted by molar-refractivity contribution is 0.657. The second-order valence-electron chi connectivity index (χ2n) is 6.21. The highest BCUT2D eigenvalue weighted by Gasteiger charge is 2.17. The predicted octanol–water partition coefficient (Wildman–Crippen LogP) is 3.82. The Balaban J connectivity index is 2.20. The molecule has 0 atom stereocenters. The van der Waals surface area contributed by atoms with Crippen molar-refractivity contribution in [3.8, 4) is 0 Å². The van der Waals surface area contributed by atoms with E-state index in [1.165, 1.54) is 15.9 Å². The van der Waals surface area contributed by atoms with Crippen molar-refractivity contribution in [2.75, 3.05) is 0 Å². The van der Waals surface area contributed by atoms with Gasteiger partial charge < -0.3 is 0 Å². The third-order valence-corrected chi connectivity index (χ3v) is 5.43. The van der Waals surface area contributed by atoms with Gasteiger partial charge in [0.05, 0.1) is 11.9 Å². The molecule has 25 heavy (non-hydrogen) atoms. The maximum Gasteiger partial charge on any atom is 0.332 e. The maximum absolute atomic E-state index is 12.8. The summed E-state index contributed by atoms with van der Waals surface area (Å²) in [5.74, 6) is 0. The Morgan fingerprint density at radius 1 is 1.20 bits per heavy atom. The predicted molar refractivity (Wildman–Crippen MR) is 106 cm³/mol. The Hall–Kier alpha value is -2.66. The first-order valence-corrected chi connectivity index (χ1v) is 8.82. The number of thiophene rings is 1. The van der Waals surface area contributed by atoms with E-state index < -0.39 is 0 Å². The van der Waals surface area contributed by atoms with Gasteiger partial charge in [0.2, 0.25) is 0 Å². The molecule has 128 valence electrons. The van der Waals surface area contributed by atoms with Crippen LogP contribution in [0.15, 0.2) is 52.1 Å². The van der Waals surface area contributed by atoms with E-state index in [1.54, 1.807) is 11.6 Å². The smallest absolute Gasteiger partial charge is 0.287 e. The second kappa shape index (κ2) is 6.69. The van der Waals surface area contributed by atoms with Gasteiger partial charge in [0.15, 0.2) is 0 Å². The fraction of sp³-hybridized carbons (Fsp3) is 0.200. The van der Waals surface area contributed by atoms with E-state index in [1.807, 2.05) is 56.3 Å². The first kappa shape index (κ1) is 17.2. The lowest BCUT2D eigenvalue weighted by atomic mass is 10.1. The van der Waals surface area contributed by atoms with Gasteiger partial charge >= 0.3 is 5.69 Å². The zero-order chi connectivity index (χ0) is 18.1. The number of aryl methyl sites for hydroxylation is 2. The molecule has 2 aromatic heterocycles. The third kappa shape index (κ3) is 3.15. The second-order valence-corrected chi connectivity index (χ2v) is 7.24. The van der Waals surface area contributed by atoms with E-state index in [0.717, 1.165) is 21.6 Å². The molecule has 0 aliphatic rings. The molecule has 0 fully saturated rings. The van der Waals surface area contributed by atoms with Gasteiger partial charge in [0.1, 0.15) is 4.83 Å². The summed E-state index contributed by atoms with van der Waals surface area (Å²) in [6.45, 7) is 7.80. The Labute approximate surface area is 150 Å². The summed E-state index contributed by atoms with van der Waals surface area (Å²) in [7, 11) is 1.71. The molecule has 0 aliphatic heterocycles. The van der Waals surface area contributed by atoms with Crippen LogP contribution in [0.2, 0.25) is 0 Å². The average Bonchev–Trinajstić information content (AvgIpc) is 2.92. The molecule has 1 aromatic carbocycles. The molecule has 0 N–H and O–H groups in total. The summed E-state index contributed by atoms with van der Waals surface area (Å²) in [5, 5.41) is 0.612. The van der Waals surface area contributed by atoms with Gasteiger partial charge in [-0.3, -0.25) is 13.9 Å². The van der Waals surface area contributed by atoms with E-state index >= 15 is 0 Å². The number of rotatable bonds is 4. The number of benzene rings is 1. The summed E-state index contributed by atoms with van der Waals surface area (Å²) in [4.78, 5) is 27.0. The maximum atomic E-state index is 12.8. The van der Waals surface area contributed by atoms with Crippen LogP contribution in [-0.2, 0) is 13.6 Å². The van der Waals surface area contributed by atoms with Crippen LogP contribution in [-0.4, -0.2) is 9.13 Å². The minimum Gasteiger partial charge on any atom is -0.287 e. The number of fused-ring (bicyclic) bond motifs is 1. The largest absolute Gasteiger partial charge is 0.332 e. The molecular formula is C20H20N2O2S. The van der Waals surface area contributed by atoms with Crippen LogP contribution in [0.25, 0.3) is 22.4 Å². The summed E-state index contributed by atoms with van der Waals surface area (Å²) >= 11 is 1.47. The number of nitrogens with zero attached hydrogens (tertiary/aromatic N) is 2. The van der Waals surface area contributed by atoms with Crippen LogP contribution in [0, 0.1) is 6.92 Å². The van der Waals surface area contributed by atoms with Crippen molar-refractivity contribution in [2.24, 2.45) is 7.05 Å². The van der Waals surface area contributed by atoms with E-state index in [0.29, 0.717) is 10.2 Å². The van der Waals surface area contributed by atoms with Gasteiger partial charge in [-0.15, -0.1) is 11.3 Å². The summed E-state index contributed by atoms with van der Waals surface area (Å²) in [5.41, 5.74) is 2.22. The molecule has 0 amide bonds. The van der Waals surface area contributed by atoms with Crippen LogP contribution in [0.4, 0.5) is 0 Å². The fourth-order valence-electron chi connectivity index (χ4n) is 2.80. The Kier molecular flexibility index (Phi) is 4.59. The van der Waals surface area contributed by atoms with Crippen LogP contribution in [0.1, 0.15) is 22.9 Å². The number of aromatic nitrogens is 2. The minimum atomic E-state index is -0.305. The summed E-state index contributed by atoms with van der Waals surface area (Å²) < 4.78 is 2.81. The lowest BCUT2D eigenvalue weighted by Gasteiger charge is -2.08. The van der Waals surface area contributed by atoms with Crippen LogP contribution < -0.4 is 11.2 Å². The van der Waals surface area contributed by atoms with Gasteiger partial charge in [-0.2, -0.15) is 0 Å². The van der Waals surface area contributed by atoms with E-state index in [4.69, 9.17) is 0 Å². The first-order valence-electron chi connectivity index (χ1n) is 8.00. The monoisotopic (exact) mass is 352 g/mol. The molecule has 0 saturated carbocycles. The van der Waals surface area contributed by atoms with Crippen molar-refractivity contribution < 1.29 is 0 Å². The van der Waals surface area contributed by atoms with Gasteiger partial charge in [0, 0.05) is 11.9 Å². The summed E-state index contributed by atoms with van der Waals surface area (Å²) in [6, 6.07) is 9.99. The zero-order valence-corrected chi connectivity index (χ0v) is 15.4. The lowest BCUT2D eigenvalue weighted by Crippen LogP contribution is -2.39. The topological polar surface area (TPSA) is 44.0 Å². The molecule has 3 rings (SSSR count). The van der Waals surface area contributed by atoms with Crippen molar-refractivity contribution in [2.45, 2.75) is 20.4 Å². The molecule has 0 unspecified atom stereocenters. The van der Waals surface area contributed by atoms with Gasteiger partial charge in [-0.1, -0.05) is 48.6 Å². The number of allylic oxidation sites excluding steroid dienone is 1. The first-order chi connectivity index (χ1) is 11.9. The average molecular weight is 352 g/mol. The molecule has 0 radical (unpaired) electrons. The standard InChI is InChI=1S/C20H20N2O2S/c1-13(2)12-22-18(23)17-14(3)16(25-19(17)21(4)20(22)24)11-10-15-8-6-5-7-9-15/h5-11H,1,12H2,2-4H3/b11-10+. The SMILES string of the molecule is C=C(C)Cn1c(=O)c2c(C)c(/C=C/c3ccccc3)sc2n(C)c1=O. The van der Waals surface area contributed by atoms with E-state index in [2.05, 4.69) is 6.58 Å². The Morgan fingerprint density at radius 2 is 1.88 bits per heavy atom. The number of hydrogen-bond acceptors (Lipinski definition) is 3. The van der Waals surface area contributed by atoms with Crippen molar-refractivity contribution >= 4 is 33.7 Å². The molecule has 0 spiro atoms. The Bertz CT molecular complexity index is 1100. The minimum absolute atomic E-state index is 0.241. The highest BCUT2D eigenvalue weighted by Crippen LogP contribution is 2.29. The van der Waals surface area contributed by atoms with Gasteiger partial charge in [-0.05, 0) is 31.1 Å². The number of hydrogen-bond donors (Lipinski definition) is 0. The van der Waals surface area contributed by atoms with Crippen LogP contribution >= 0.6 is 11.3 Å². The molecule has 2 heterocycles. The van der Waals surface area contributed by atoms with Crippen LogP contribution in [0.3, 0.4) is 0 Å². The van der Waals surface area contributed by atoms with E-state index in [9.17, 15) is 9.59 Å². The normalized spacial score (nSPS) is 11.5. The molecule has 5 heteroatoms. The van der Waals surface area contributed by atoms with E-state index in [-0.39, 0.29) is 17.8 Å². The fourth-order valence-corrected chi connectivity index (χ4v) is 3.95. The summed E-state index contributed by atoms with van der Waals surface area (Å²) in [6.07, 6.45) is 4.02. The van der Waals surface area contributed by atoms with Crippen molar-refractivity contribution in [3.05, 3.63) is 79.3 Å². The molecule has 4 nitrogen and oxygen atoms in total. The quantitative estimate of drug-likeness (QED) is 0.670. The molecule has 3 aromatic rings.